The number of amides is 1. The summed E-state index contributed by atoms with van der Waals surface area (Å²) < 4.78 is 38.4. The summed E-state index contributed by atoms with van der Waals surface area (Å²) >= 11 is 5.56. The maximum Gasteiger partial charge on any atom is 0.417 e. The maximum absolute atomic E-state index is 12.8. The molecule has 0 aliphatic carbocycles. The third-order valence-corrected chi connectivity index (χ3v) is 3.73. The summed E-state index contributed by atoms with van der Waals surface area (Å²) in [6.07, 6.45) is -3.78. The van der Waals surface area contributed by atoms with Gasteiger partial charge < -0.3 is 10.6 Å². The fourth-order valence-corrected chi connectivity index (χ4v) is 2.40. The Labute approximate surface area is 142 Å². The third kappa shape index (κ3) is 4.64. The fourth-order valence-electron chi connectivity index (χ4n) is 2.18. The van der Waals surface area contributed by atoms with Gasteiger partial charge in [-0.25, -0.2) is 0 Å². The number of hydrogen-bond acceptors (Lipinski definition) is 2. The zero-order valence-electron chi connectivity index (χ0n) is 12.9. The number of nitrogens with one attached hydrogen (secondary N) is 2. The quantitative estimate of drug-likeness (QED) is 0.794. The molecule has 0 aliphatic rings. The molecule has 2 rings (SSSR count). The van der Waals surface area contributed by atoms with E-state index >= 15 is 0 Å². The molecule has 0 aliphatic heterocycles. The molecule has 0 aromatic heterocycles. The Kier molecular flexibility index (Phi) is 5.72. The summed E-state index contributed by atoms with van der Waals surface area (Å²) in [7, 11) is 0. The lowest BCUT2D eigenvalue weighted by atomic mass is 10.1. The molecular formula is C17H16ClF3N2O. The van der Waals surface area contributed by atoms with Gasteiger partial charge >= 0.3 is 6.18 Å². The second kappa shape index (κ2) is 7.57. The van der Waals surface area contributed by atoms with Gasteiger partial charge in [0.1, 0.15) is 0 Å². The number of para-hydroxylation sites is 1. The number of hydrogen-bond donors (Lipinski definition) is 2. The van der Waals surface area contributed by atoms with Gasteiger partial charge in [-0.1, -0.05) is 36.7 Å². The number of anilines is 2. The summed E-state index contributed by atoms with van der Waals surface area (Å²) in [6.45, 7) is 1.81. The van der Waals surface area contributed by atoms with Crippen LogP contribution in [0.5, 0.6) is 0 Å². The minimum Gasteiger partial charge on any atom is -0.376 e. The minimum atomic E-state index is -4.54. The summed E-state index contributed by atoms with van der Waals surface area (Å²) in [6, 6.07) is 10.8. The van der Waals surface area contributed by atoms with Crippen molar-refractivity contribution in [2.24, 2.45) is 0 Å². The van der Waals surface area contributed by atoms with Crippen LogP contribution in [0.15, 0.2) is 42.5 Å². The van der Waals surface area contributed by atoms with Gasteiger partial charge in [-0.2, -0.15) is 13.2 Å². The first-order valence-electron chi connectivity index (χ1n) is 7.29. The molecule has 0 saturated heterocycles. The molecule has 0 atom stereocenters. The van der Waals surface area contributed by atoms with Gasteiger partial charge in [-0.15, -0.1) is 0 Å². The average Bonchev–Trinajstić information content (AvgIpc) is 2.53. The lowest BCUT2D eigenvalue weighted by Crippen LogP contribution is -2.22. The Bertz CT molecular complexity index is 732. The first-order chi connectivity index (χ1) is 11.3. The third-order valence-electron chi connectivity index (χ3n) is 3.40. The molecule has 0 heterocycles. The van der Waals surface area contributed by atoms with Crippen molar-refractivity contribution in [2.45, 2.75) is 19.5 Å². The van der Waals surface area contributed by atoms with Crippen LogP contribution in [0.4, 0.5) is 24.5 Å². The van der Waals surface area contributed by atoms with Crippen molar-refractivity contribution < 1.29 is 18.0 Å². The maximum atomic E-state index is 12.8. The molecule has 7 heteroatoms. The van der Waals surface area contributed by atoms with Gasteiger partial charge in [-0.05, 0) is 36.2 Å². The zero-order valence-corrected chi connectivity index (χ0v) is 13.6. The second-order valence-electron chi connectivity index (χ2n) is 5.10. The van der Waals surface area contributed by atoms with Crippen LogP contribution in [0, 0.1) is 0 Å². The number of rotatable bonds is 5. The smallest absolute Gasteiger partial charge is 0.376 e. The van der Waals surface area contributed by atoms with E-state index in [1.807, 2.05) is 19.1 Å². The van der Waals surface area contributed by atoms with E-state index in [0.717, 1.165) is 24.1 Å². The van der Waals surface area contributed by atoms with Crippen LogP contribution in [-0.2, 0) is 17.4 Å². The summed E-state index contributed by atoms with van der Waals surface area (Å²) in [5, 5.41) is 5.03. The molecule has 0 saturated carbocycles. The van der Waals surface area contributed by atoms with E-state index in [0.29, 0.717) is 5.69 Å². The Morgan fingerprint density at radius 2 is 1.88 bits per heavy atom. The van der Waals surface area contributed by atoms with Crippen molar-refractivity contribution in [1.82, 2.24) is 0 Å². The van der Waals surface area contributed by atoms with Gasteiger partial charge in [0.2, 0.25) is 5.91 Å². The molecular weight excluding hydrogens is 341 g/mol. The SMILES string of the molecule is CCc1ccccc1NC(=O)CNc1ccc(Cl)c(C(F)(F)F)c1. The molecule has 0 radical (unpaired) electrons. The highest BCUT2D eigenvalue weighted by atomic mass is 35.5. The molecule has 128 valence electrons. The van der Waals surface area contributed by atoms with Crippen molar-refractivity contribution in [3.05, 3.63) is 58.6 Å². The van der Waals surface area contributed by atoms with Crippen LogP contribution in [0.25, 0.3) is 0 Å². The summed E-state index contributed by atoms with van der Waals surface area (Å²) in [4.78, 5) is 12.0. The van der Waals surface area contributed by atoms with E-state index in [1.165, 1.54) is 6.07 Å². The van der Waals surface area contributed by atoms with Gasteiger partial charge in [0.25, 0.3) is 0 Å². The monoisotopic (exact) mass is 356 g/mol. The Hall–Kier alpha value is -2.21. The van der Waals surface area contributed by atoms with E-state index < -0.39 is 11.7 Å². The van der Waals surface area contributed by atoms with Crippen LogP contribution >= 0.6 is 11.6 Å². The topological polar surface area (TPSA) is 41.1 Å². The van der Waals surface area contributed by atoms with E-state index in [4.69, 9.17) is 11.6 Å². The van der Waals surface area contributed by atoms with Crippen molar-refractivity contribution in [2.75, 3.05) is 17.2 Å². The van der Waals surface area contributed by atoms with Crippen molar-refractivity contribution in [3.63, 3.8) is 0 Å². The molecule has 0 fully saturated rings. The predicted octanol–water partition coefficient (Wildman–Crippen LogP) is 4.97. The lowest BCUT2D eigenvalue weighted by Gasteiger charge is -2.13. The minimum absolute atomic E-state index is 0.156. The number of halogens is 4. The Morgan fingerprint density at radius 1 is 1.17 bits per heavy atom. The Morgan fingerprint density at radius 3 is 2.54 bits per heavy atom. The van der Waals surface area contributed by atoms with E-state index in [2.05, 4.69) is 10.6 Å². The second-order valence-corrected chi connectivity index (χ2v) is 5.51. The summed E-state index contributed by atoms with van der Waals surface area (Å²) in [5.41, 5.74) is 0.909. The largest absolute Gasteiger partial charge is 0.417 e. The van der Waals surface area contributed by atoms with Gasteiger partial charge in [0.15, 0.2) is 0 Å². The molecule has 0 spiro atoms. The van der Waals surface area contributed by atoms with Crippen LogP contribution < -0.4 is 10.6 Å². The van der Waals surface area contributed by atoms with E-state index in [9.17, 15) is 18.0 Å². The van der Waals surface area contributed by atoms with Gasteiger partial charge in [0, 0.05) is 11.4 Å². The first kappa shape index (κ1) is 18.1. The van der Waals surface area contributed by atoms with Crippen LogP contribution in [-0.4, -0.2) is 12.5 Å². The van der Waals surface area contributed by atoms with E-state index in [1.54, 1.807) is 12.1 Å². The van der Waals surface area contributed by atoms with Crippen LogP contribution in [0.3, 0.4) is 0 Å². The predicted molar refractivity (Wildman–Crippen MR) is 89.4 cm³/mol. The molecule has 0 bridgehead atoms. The number of aryl methyl sites for hydroxylation is 1. The highest BCUT2D eigenvalue weighted by Crippen LogP contribution is 2.36. The Balaban J connectivity index is 2.02. The molecule has 0 unspecified atom stereocenters. The fraction of sp³-hybridized carbons (Fsp3) is 0.235. The number of carbonyl (C=O) groups excluding carboxylic acids is 1. The number of carbonyl (C=O) groups is 1. The molecule has 1 amide bonds. The molecule has 2 N–H and O–H groups in total. The van der Waals surface area contributed by atoms with Crippen molar-refractivity contribution in [3.8, 4) is 0 Å². The lowest BCUT2D eigenvalue weighted by molar-refractivity contribution is -0.137. The highest BCUT2D eigenvalue weighted by Gasteiger charge is 2.33. The molecule has 3 nitrogen and oxygen atoms in total. The van der Waals surface area contributed by atoms with Crippen molar-refractivity contribution >= 4 is 28.9 Å². The standard InChI is InChI=1S/C17H16ClF3N2O/c1-2-11-5-3-4-6-15(11)23-16(24)10-22-12-7-8-14(18)13(9-12)17(19,20)21/h3-9,22H,2,10H2,1H3,(H,23,24). The van der Waals surface area contributed by atoms with Crippen LogP contribution in [0.2, 0.25) is 5.02 Å². The number of benzene rings is 2. The van der Waals surface area contributed by atoms with Gasteiger partial charge in [-0.3, -0.25) is 4.79 Å². The van der Waals surface area contributed by atoms with Crippen molar-refractivity contribution in [1.29, 1.82) is 0 Å². The zero-order chi connectivity index (χ0) is 17.7. The molecule has 24 heavy (non-hydrogen) atoms. The first-order valence-corrected chi connectivity index (χ1v) is 7.67. The molecule has 2 aromatic rings. The van der Waals surface area contributed by atoms with Crippen LogP contribution in [0.1, 0.15) is 18.1 Å². The number of alkyl halides is 3. The average molecular weight is 357 g/mol. The summed E-state index contributed by atoms with van der Waals surface area (Å²) in [5.74, 6) is -0.348. The highest BCUT2D eigenvalue weighted by molar-refractivity contribution is 6.31. The normalized spacial score (nSPS) is 11.2. The van der Waals surface area contributed by atoms with E-state index in [-0.39, 0.29) is 23.2 Å². The molecule has 2 aromatic carbocycles. The van der Waals surface area contributed by atoms with Gasteiger partial charge in [0.05, 0.1) is 17.1 Å².